The van der Waals surface area contributed by atoms with E-state index in [1.54, 1.807) is 0 Å². The molecule has 0 aromatic heterocycles. The Hall–Kier alpha value is -0.530. The summed E-state index contributed by atoms with van der Waals surface area (Å²) in [5.74, 6) is 0.540. The molecule has 0 saturated heterocycles. The molecule has 0 aromatic rings. The van der Waals surface area contributed by atoms with Gasteiger partial charge in [-0.3, -0.25) is 0 Å². The minimum Gasteiger partial charge on any atom is -0.624 e. The molecule has 1 atom stereocenters. The fraction of sp³-hybridized carbons (Fsp3) is 0.923. The maximum Gasteiger partial charge on any atom is 0.166 e. The summed E-state index contributed by atoms with van der Waals surface area (Å²) < 4.78 is 1.41. The minimum atomic E-state index is 0.314. The van der Waals surface area contributed by atoms with E-state index in [1.807, 2.05) is 0 Å². The van der Waals surface area contributed by atoms with Crippen LogP contribution in [0.1, 0.15) is 64.7 Å². The van der Waals surface area contributed by atoms with E-state index in [2.05, 4.69) is 6.92 Å². The highest BCUT2D eigenvalue weighted by atomic mass is 16.5. The van der Waals surface area contributed by atoms with Gasteiger partial charge in [0.1, 0.15) is 0 Å². The van der Waals surface area contributed by atoms with Crippen molar-refractivity contribution in [2.24, 2.45) is 5.92 Å². The molecule has 0 amide bonds. The zero-order valence-corrected chi connectivity index (χ0v) is 9.87. The molecule has 2 heteroatoms. The zero-order chi connectivity index (χ0) is 10.7. The van der Waals surface area contributed by atoms with Gasteiger partial charge >= 0.3 is 0 Å². The summed E-state index contributed by atoms with van der Waals surface area (Å²) in [5.41, 5.74) is 1.20. The summed E-state index contributed by atoms with van der Waals surface area (Å²) >= 11 is 0. The summed E-state index contributed by atoms with van der Waals surface area (Å²) in [7, 11) is 0. The van der Waals surface area contributed by atoms with Gasteiger partial charge in [-0.25, -0.2) is 4.74 Å². The smallest absolute Gasteiger partial charge is 0.166 e. The SMILES string of the molecule is CC1CCCC/C1=[N+](\[O-])C1CCCCC1. The van der Waals surface area contributed by atoms with Gasteiger partial charge in [-0.05, 0) is 25.7 Å². The minimum absolute atomic E-state index is 0.314. The number of hydroxylamine groups is 1. The number of nitrogens with zero attached hydrogens (tertiary/aromatic N) is 1. The second kappa shape index (κ2) is 5.00. The van der Waals surface area contributed by atoms with Crippen LogP contribution in [-0.2, 0) is 0 Å². The largest absolute Gasteiger partial charge is 0.624 e. The van der Waals surface area contributed by atoms with E-state index in [0.717, 1.165) is 19.3 Å². The molecule has 0 bridgehead atoms. The third-order valence-corrected chi connectivity index (χ3v) is 4.08. The van der Waals surface area contributed by atoms with Crippen LogP contribution >= 0.6 is 0 Å². The monoisotopic (exact) mass is 209 g/mol. The number of rotatable bonds is 1. The number of hydrogen-bond acceptors (Lipinski definition) is 1. The van der Waals surface area contributed by atoms with Gasteiger partial charge in [0.25, 0.3) is 0 Å². The molecule has 2 fully saturated rings. The highest BCUT2D eigenvalue weighted by Crippen LogP contribution is 2.25. The van der Waals surface area contributed by atoms with Gasteiger partial charge in [-0.1, -0.05) is 19.8 Å². The lowest BCUT2D eigenvalue weighted by Crippen LogP contribution is -2.33. The Morgan fingerprint density at radius 3 is 2.33 bits per heavy atom. The van der Waals surface area contributed by atoms with E-state index in [-0.39, 0.29) is 0 Å². The molecule has 2 nitrogen and oxygen atoms in total. The van der Waals surface area contributed by atoms with Crippen LogP contribution in [0.15, 0.2) is 0 Å². The van der Waals surface area contributed by atoms with Gasteiger partial charge in [0.05, 0.1) is 0 Å². The normalized spacial score (nSPS) is 32.7. The average Bonchev–Trinajstić information content (AvgIpc) is 2.30. The lowest BCUT2D eigenvalue weighted by molar-refractivity contribution is -0.509. The Labute approximate surface area is 93.0 Å². The van der Waals surface area contributed by atoms with Crippen LogP contribution < -0.4 is 0 Å². The third kappa shape index (κ3) is 2.53. The molecule has 0 aromatic carbocycles. The second-order valence-electron chi connectivity index (χ2n) is 5.26. The van der Waals surface area contributed by atoms with Gasteiger partial charge < -0.3 is 5.21 Å². The van der Waals surface area contributed by atoms with Crippen molar-refractivity contribution in [3.05, 3.63) is 5.21 Å². The molecule has 0 radical (unpaired) electrons. The first kappa shape index (κ1) is 11.0. The molecule has 0 spiro atoms. The topological polar surface area (TPSA) is 26.1 Å². The molecule has 2 saturated carbocycles. The molecule has 2 aliphatic carbocycles. The Bertz CT molecular complexity index is 241. The predicted molar refractivity (Wildman–Crippen MR) is 63.1 cm³/mol. The number of hydrogen-bond donors (Lipinski definition) is 0. The van der Waals surface area contributed by atoms with Crippen molar-refractivity contribution in [2.75, 3.05) is 0 Å². The molecule has 0 N–H and O–H groups in total. The van der Waals surface area contributed by atoms with Gasteiger partial charge in [0, 0.05) is 25.2 Å². The van der Waals surface area contributed by atoms with Crippen molar-refractivity contribution in [3.8, 4) is 0 Å². The summed E-state index contributed by atoms with van der Waals surface area (Å²) in [6, 6.07) is 0.314. The molecule has 0 heterocycles. The third-order valence-electron chi connectivity index (χ3n) is 4.08. The summed E-state index contributed by atoms with van der Waals surface area (Å²) in [5, 5.41) is 12.2. The van der Waals surface area contributed by atoms with Crippen LogP contribution in [0.2, 0.25) is 0 Å². The standard InChI is InChI=1S/C13H23NO/c1-11-7-5-6-10-13(11)14(15)12-8-3-2-4-9-12/h11-12H,2-10H2,1H3/b14-13+. The van der Waals surface area contributed by atoms with Crippen LogP contribution in [-0.4, -0.2) is 16.5 Å². The van der Waals surface area contributed by atoms with Crippen LogP contribution in [0.3, 0.4) is 0 Å². The maximum absolute atomic E-state index is 12.2. The molecule has 1 unspecified atom stereocenters. The molecular weight excluding hydrogens is 186 g/mol. The Balaban J connectivity index is 2.07. The Kier molecular flexibility index (Phi) is 3.66. The van der Waals surface area contributed by atoms with Crippen molar-refractivity contribution >= 4 is 5.71 Å². The van der Waals surface area contributed by atoms with Crippen molar-refractivity contribution in [3.63, 3.8) is 0 Å². The summed E-state index contributed by atoms with van der Waals surface area (Å²) in [6.45, 7) is 2.22. The Morgan fingerprint density at radius 2 is 1.67 bits per heavy atom. The van der Waals surface area contributed by atoms with E-state index in [9.17, 15) is 5.21 Å². The van der Waals surface area contributed by atoms with E-state index >= 15 is 0 Å². The van der Waals surface area contributed by atoms with E-state index in [4.69, 9.17) is 0 Å². The van der Waals surface area contributed by atoms with E-state index < -0.39 is 0 Å². The van der Waals surface area contributed by atoms with Crippen LogP contribution in [0.5, 0.6) is 0 Å². The van der Waals surface area contributed by atoms with Gasteiger partial charge in [-0.15, -0.1) is 0 Å². The fourth-order valence-corrected chi connectivity index (χ4v) is 3.05. The average molecular weight is 209 g/mol. The first-order valence-electron chi connectivity index (χ1n) is 6.61. The zero-order valence-electron chi connectivity index (χ0n) is 9.87. The molecular formula is C13H23NO. The maximum atomic E-state index is 12.2. The van der Waals surface area contributed by atoms with Crippen LogP contribution in [0.4, 0.5) is 0 Å². The second-order valence-corrected chi connectivity index (χ2v) is 5.26. The lowest BCUT2D eigenvalue weighted by Gasteiger charge is -2.27. The van der Waals surface area contributed by atoms with Crippen LogP contribution in [0, 0.1) is 11.1 Å². The first-order valence-corrected chi connectivity index (χ1v) is 6.61. The quantitative estimate of drug-likeness (QED) is 0.369. The molecule has 2 aliphatic rings. The highest BCUT2D eigenvalue weighted by molar-refractivity contribution is 5.82. The Morgan fingerprint density at radius 1 is 1.00 bits per heavy atom. The summed E-state index contributed by atoms with van der Waals surface area (Å²) in [4.78, 5) is 0. The van der Waals surface area contributed by atoms with Gasteiger partial charge in [0.2, 0.25) is 0 Å². The molecule has 0 aliphatic heterocycles. The van der Waals surface area contributed by atoms with Crippen molar-refractivity contribution in [1.29, 1.82) is 0 Å². The predicted octanol–water partition coefficient (Wildman–Crippen LogP) is 3.48. The van der Waals surface area contributed by atoms with Crippen molar-refractivity contribution in [2.45, 2.75) is 70.8 Å². The highest BCUT2D eigenvalue weighted by Gasteiger charge is 2.27. The molecule has 2 rings (SSSR count). The summed E-state index contributed by atoms with van der Waals surface area (Å²) in [6.07, 6.45) is 10.9. The van der Waals surface area contributed by atoms with Gasteiger partial charge in [-0.2, -0.15) is 0 Å². The molecule has 15 heavy (non-hydrogen) atoms. The molecule has 86 valence electrons. The van der Waals surface area contributed by atoms with Gasteiger partial charge in [0.15, 0.2) is 11.8 Å². The first-order chi connectivity index (χ1) is 7.29. The van der Waals surface area contributed by atoms with Crippen LogP contribution in [0.25, 0.3) is 0 Å². The van der Waals surface area contributed by atoms with Crippen molar-refractivity contribution in [1.82, 2.24) is 0 Å². The van der Waals surface area contributed by atoms with E-state index in [0.29, 0.717) is 12.0 Å². The lowest BCUT2D eigenvalue weighted by atomic mass is 9.87. The van der Waals surface area contributed by atoms with Crippen molar-refractivity contribution < 1.29 is 4.74 Å². The van der Waals surface area contributed by atoms with E-state index in [1.165, 1.54) is 49.0 Å². The fourth-order valence-electron chi connectivity index (χ4n) is 3.05.